The number of hydrogen-bond donors (Lipinski definition) is 2. The first kappa shape index (κ1) is 16.8. The molecular formula is C13H20ClN3O3. The van der Waals surface area contributed by atoms with E-state index in [2.05, 4.69) is 5.32 Å². The zero-order chi connectivity index (χ0) is 15.3. The molecule has 0 aliphatic heterocycles. The van der Waals surface area contributed by atoms with Gasteiger partial charge in [0, 0.05) is 25.7 Å². The number of nitrogens with one attached hydrogen (secondary N) is 1. The van der Waals surface area contributed by atoms with Gasteiger partial charge in [0.2, 0.25) is 0 Å². The van der Waals surface area contributed by atoms with E-state index in [-0.39, 0.29) is 10.7 Å². The van der Waals surface area contributed by atoms with Crippen LogP contribution in [0.15, 0.2) is 18.2 Å². The molecule has 7 heteroatoms. The fourth-order valence-electron chi connectivity index (χ4n) is 2.02. The van der Waals surface area contributed by atoms with E-state index in [1.165, 1.54) is 12.1 Å². The maximum Gasteiger partial charge on any atom is 0.288 e. The average Bonchev–Trinajstić information content (AvgIpc) is 2.28. The normalized spacial score (nSPS) is 14.3. The van der Waals surface area contributed by atoms with Crippen molar-refractivity contribution in [2.24, 2.45) is 0 Å². The second-order valence-electron chi connectivity index (χ2n) is 5.38. The molecule has 0 aliphatic rings. The van der Waals surface area contributed by atoms with E-state index < -0.39 is 10.5 Å². The Bertz CT molecular complexity index is 478. The molecule has 0 fully saturated rings. The van der Waals surface area contributed by atoms with Gasteiger partial charge in [-0.2, -0.15) is 0 Å². The monoisotopic (exact) mass is 301 g/mol. The van der Waals surface area contributed by atoms with Crippen molar-refractivity contribution in [3.8, 4) is 0 Å². The van der Waals surface area contributed by atoms with Crippen molar-refractivity contribution < 1.29 is 10.0 Å². The first-order valence-electron chi connectivity index (χ1n) is 6.22. The van der Waals surface area contributed by atoms with Crippen LogP contribution >= 0.6 is 11.6 Å². The predicted molar refractivity (Wildman–Crippen MR) is 79.0 cm³/mol. The van der Waals surface area contributed by atoms with Gasteiger partial charge in [0.15, 0.2) is 0 Å². The van der Waals surface area contributed by atoms with E-state index in [4.69, 9.17) is 11.6 Å². The van der Waals surface area contributed by atoms with Gasteiger partial charge in [0.1, 0.15) is 5.02 Å². The highest BCUT2D eigenvalue weighted by Gasteiger charge is 2.20. The molecule has 112 valence electrons. The summed E-state index contributed by atoms with van der Waals surface area (Å²) in [4.78, 5) is 12.2. The number of likely N-dealkylation sites (N-methyl/N-ethyl adjacent to an activating group) is 1. The molecule has 2 N–H and O–H groups in total. The number of aliphatic hydroxyl groups is 1. The van der Waals surface area contributed by atoms with Gasteiger partial charge in [-0.3, -0.25) is 10.1 Å². The van der Waals surface area contributed by atoms with E-state index in [1.54, 1.807) is 13.0 Å². The number of halogens is 1. The molecule has 1 rings (SSSR count). The Hall–Kier alpha value is -1.21. The molecule has 6 nitrogen and oxygen atoms in total. The topological polar surface area (TPSA) is 78.6 Å². The maximum absolute atomic E-state index is 10.8. The third-order valence-electron chi connectivity index (χ3n) is 2.70. The highest BCUT2D eigenvalue weighted by molar-refractivity contribution is 6.32. The Morgan fingerprint density at radius 1 is 1.50 bits per heavy atom. The van der Waals surface area contributed by atoms with Crippen molar-refractivity contribution in [1.82, 2.24) is 10.2 Å². The summed E-state index contributed by atoms with van der Waals surface area (Å²) in [6, 6.07) is 4.67. The molecule has 0 heterocycles. The maximum atomic E-state index is 10.8. The Balaban J connectivity index is 2.58. The molecule has 20 heavy (non-hydrogen) atoms. The van der Waals surface area contributed by atoms with E-state index in [0.717, 1.165) is 5.56 Å². The number of hydrogen-bond acceptors (Lipinski definition) is 5. The molecule has 0 radical (unpaired) electrons. The second-order valence-corrected chi connectivity index (χ2v) is 5.79. The minimum absolute atomic E-state index is 0.106. The van der Waals surface area contributed by atoms with Crippen LogP contribution in [0.25, 0.3) is 0 Å². The van der Waals surface area contributed by atoms with Gasteiger partial charge in [-0.05, 0) is 32.6 Å². The predicted octanol–water partition coefficient (Wildman–Crippen LogP) is 1.65. The molecule has 1 aromatic rings. The standard InChI is InChI=1S/C13H20ClN3O3/c1-13(18,9-16(2)3)8-15-7-10-4-5-11(14)12(6-10)17(19)20/h4-6,15,18H,7-9H2,1-3H3. The largest absolute Gasteiger partial charge is 0.388 e. The molecule has 0 saturated heterocycles. The number of benzene rings is 1. The van der Waals surface area contributed by atoms with Crippen molar-refractivity contribution in [3.05, 3.63) is 38.9 Å². The van der Waals surface area contributed by atoms with Gasteiger partial charge >= 0.3 is 0 Å². The van der Waals surface area contributed by atoms with Gasteiger partial charge in [0.05, 0.1) is 10.5 Å². The molecule has 1 aromatic carbocycles. The highest BCUT2D eigenvalue weighted by Crippen LogP contribution is 2.24. The van der Waals surface area contributed by atoms with Crippen LogP contribution in [-0.2, 0) is 6.54 Å². The van der Waals surface area contributed by atoms with Crippen LogP contribution in [-0.4, -0.2) is 47.7 Å². The van der Waals surface area contributed by atoms with Gasteiger partial charge in [0.25, 0.3) is 5.69 Å². The molecule has 1 unspecified atom stereocenters. The molecule has 0 amide bonds. The van der Waals surface area contributed by atoms with E-state index in [9.17, 15) is 15.2 Å². The molecule has 0 saturated carbocycles. The highest BCUT2D eigenvalue weighted by atomic mass is 35.5. The van der Waals surface area contributed by atoms with Crippen molar-refractivity contribution >= 4 is 17.3 Å². The minimum Gasteiger partial charge on any atom is -0.388 e. The Kier molecular flexibility index (Phi) is 5.88. The lowest BCUT2D eigenvalue weighted by molar-refractivity contribution is -0.384. The molecule has 0 spiro atoms. The zero-order valence-electron chi connectivity index (χ0n) is 11.9. The molecular weight excluding hydrogens is 282 g/mol. The molecule has 0 bridgehead atoms. The van der Waals surface area contributed by atoms with E-state index in [0.29, 0.717) is 19.6 Å². The van der Waals surface area contributed by atoms with Gasteiger partial charge < -0.3 is 15.3 Å². The lowest BCUT2D eigenvalue weighted by Crippen LogP contribution is -2.45. The number of nitrogens with zero attached hydrogens (tertiary/aromatic N) is 2. The van der Waals surface area contributed by atoms with Gasteiger partial charge in [-0.15, -0.1) is 0 Å². The lowest BCUT2D eigenvalue weighted by Gasteiger charge is -2.27. The van der Waals surface area contributed by atoms with Crippen LogP contribution in [0.4, 0.5) is 5.69 Å². The van der Waals surface area contributed by atoms with Gasteiger partial charge in [-0.1, -0.05) is 17.7 Å². The summed E-state index contributed by atoms with van der Waals surface area (Å²) in [6.45, 7) is 3.09. The summed E-state index contributed by atoms with van der Waals surface area (Å²) in [6.07, 6.45) is 0. The number of rotatable bonds is 7. The summed E-state index contributed by atoms with van der Waals surface area (Å²) < 4.78 is 0. The average molecular weight is 302 g/mol. The molecule has 0 aromatic heterocycles. The van der Waals surface area contributed by atoms with Crippen LogP contribution in [0.3, 0.4) is 0 Å². The minimum atomic E-state index is -0.859. The Morgan fingerprint density at radius 3 is 2.70 bits per heavy atom. The van der Waals surface area contributed by atoms with Crippen LogP contribution in [0.2, 0.25) is 5.02 Å². The number of nitro groups is 1. The fraction of sp³-hybridized carbons (Fsp3) is 0.538. The fourth-order valence-corrected chi connectivity index (χ4v) is 2.21. The van der Waals surface area contributed by atoms with E-state index >= 15 is 0 Å². The summed E-state index contributed by atoms with van der Waals surface area (Å²) in [5, 5.41) is 24.1. The van der Waals surface area contributed by atoms with Gasteiger partial charge in [-0.25, -0.2) is 0 Å². The SMILES string of the molecule is CN(C)CC(C)(O)CNCc1ccc(Cl)c([N+](=O)[O-])c1. The van der Waals surface area contributed by atoms with Crippen LogP contribution in [0.5, 0.6) is 0 Å². The van der Waals surface area contributed by atoms with Crippen molar-refractivity contribution in [2.75, 3.05) is 27.2 Å². The molecule has 0 aliphatic carbocycles. The number of nitro benzene ring substituents is 1. The third-order valence-corrected chi connectivity index (χ3v) is 3.02. The summed E-state index contributed by atoms with van der Waals surface area (Å²) >= 11 is 5.75. The first-order chi connectivity index (χ1) is 9.21. The lowest BCUT2D eigenvalue weighted by atomic mass is 10.1. The van der Waals surface area contributed by atoms with Crippen LogP contribution in [0, 0.1) is 10.1 Å². The molecule has 1 atom stereocenters. The summed E-state index contributed by atoms with van der Waals surface area (Å²) in [5.74, 6) is 0. The van der Waals surface area contributed by atoms with Crippen molar-refractivity contribution in [3.63, 3.8) is 0 Å². The Morgan fingerprint density at radius 2 is 2.15 bits per heavy atom. The quantitative estimate of drug-likeness (QED) is 0.591. The third kappa shape index (κ3) is 5.42. The van der Waals surface area contributed by atoms with Crippen LogP contribution in [0.1, 0.15) is 12.5 Å². The first-order valence-corrected chi connectivity index (χ1v) is 6.60. The summed E-state index contributed by atoms with van der Waals surface area (Å²) in [7, 11) is 3.77. The zero-order valence-corrected chi connectivity index (χ0v) is 12.6. The van der Waals surface area contributed by atoms with Crippen LogP contribution < -0.4 is 5.32 Å². The second kappa shape index (κ2) is 6.99. The smallest absolute Gasteiger partial charge is 0.288 e. The Labute approximate surface area is 123 Å². The van der Waals surface area contributed by atoms with Crippen molar-refractivity contribution in [2.45, 2.75) is 19.1 Å². The summed E-state index contributed by atoms with van der Waals surface area (Å²) in [5.41, 5.74) is -0.213. The van der Waals surface area contributed by atoms with Crippen molar-refractivity contribution in [1.29, 1.82) is 0 Å². The van der Waals surface area contributed by atoms with E-state index in [1.807, 2.05) is 19.0 Å².